The number of rotatable bonds is 7. The van der Waals surface area contributed by atoms with Crippen molar-refractivity contribution >= 4 is 17.5 Å². The first kappa shape index (κ1) is 19.7. The third-order valence-corrected chi connectivity index (χ3v) is 3.61. The average molecular weight is 373 g/mol. The van der Waals surface area contributed by atoms with Gasteiger partial charge in [-0.15, -0.1) is 0 Å². The molecule has 0 radical (unpaired) electrons. The molecule has 0 saturated heterocycles. The standard InChI is InChI=1S/C18H19N3O6/c1-12-3-6-16(9-13(12)2)27-11-18(23)20-19-17(22)10-26-15-7-4-14(5-8-15)21(24)25/h3-9H,10-11H2,1-2H3,(H,19,22)(H,20,23). The molecular formula is C18H19N3O6. The number of nitro benzene ring substituents is 1. The molecule has 0 bridgehead atoms. The maximum atomic E-state index is 11.7. The van der Waals surface area contributed by atoms with Crippen LogP contribution in [0.25, 0.3) is 0 Å². The zero-order chi connectivity index (χ0) is 19.8. The van der Waals surface area contributed by atoms with E-state index in [2.05, 4.69) is 10.9 Å². The number of ether oxygens (including phenoxy) is 2. The van der Waals surface area contributed by atoms with E-state index >= 15 is 0 Å². The van der Waals surface area contributed by atoms with Crippen LogP contribution in [0, 0.1) is 24.0 Å². The van der Waals surface area contributed by atoms with Crippen molar-refractivity contribution in [2.24, 2.45) is 0 Å². The monoisotopic (exact) mass is 373 g/mol. The van der Waals surface area contributed by atoms with Crippen molar-refractivity contribution in [3.05, 3.63) is 63.7 Å². The summed E-state index contributed by atoms with van der Waals surface area (Å²) < 4.78 is 10.5. The number of benzene rings is 2. The number of hydrogen-bond donors (Lipinski definition) is 2. The number of hydrogen-bond acceptors (Lipinski definition) is 6. The number of non-ortho nitro benzene ring substituents is 1. The first-order valence-electron chi connectivity index (χ1n) is 8.00. The van der Waals surface area contributed by atoms with Crippen molar-refractivity contribution in [3.8, 4) is 11.5 Å². The Balaban J connectivity index is 1.69. The third kappa shape index (κ3) is 6.31. The van der Waals surface area contributed by atoms with E-state index in [-0.39, 0.29) is 18.9 Å². The van der Waals surface area contributed by atoms with Crippen LogP contribution in [0.15, 0.2) is 42.5 Å². The first-order chi connectivity index (χ1) is 12.8. The lowest BCUT2D eigenvalue weighted by molar-refractivity contribution is -0.384. The summed E-state index contributed by atoms with van der Waals surface area (Å²) in [6.45, 7) is 3.29. The lowest BCUT2D eigenvalue weighted by Crippen LogP contribution is -2.45. The fraction of sp³-hybridized carbons (Fsp3) is 0.222. The largest absolute Gasteiger partial charge is 0.484 e. The zero-order valence-electron chi connectivity index (χ0n) is 14.9. The number of nitro groups is 1. The lowest BCUT2D eigenvalue weighted by Gasteiger charge is -2.10. The Morgan fingerprint density at radius 1 is 0.889 bits per heavy atom. The molecule has 0 heterocycles. The Labute approximate surface area is 155 Å². The van der Waals surface area contributed by atoms with Crippen LogP contribution in [-0.4, -0.2) is 30.0 Å². The van der Waals surface area contributed by atoms with Gasteiger partial charge in [-0.05, 0) is 49.2 Å². The molecule has 27 heavy (non-hydrogen) atoms. The molecule has 142 valence electrons. The van der Waals surface area contributed by atoms with Gasteiger partial charge in [0.25, 0.3) is 17.5 Å². The highest BCUT2D eigenvalue weighted by molar-refractivity contribution is 5.83. The number of carbonyl (C=O) groups is 2. The fourth-order valence-electron chi connectivity index (χ4n) is 1.98. The predicted octanol–water partition coefficient (Wildman–Crippen LogP) is 1.82. The van der Waals surface area contributed by atoms with Gasteiger partial charge in [0.1, 0.15) is 11.5 Å². The van der Waals surface area contributed by atoms with Gasteiger partial charge in [0, 0.05) is 12.1 Å². The molecule has 0 aliphatic rings. The van der Waals surface area contributed by atoms with Gasteiger partial charge in [-0.25, -0.2) is 0 Å². The number of amides is 2. The summed E-state index contributed by atoms with van der Waals surface area (Å²) in [6, 6.07) is 10.7. The van der Waals surface area contributed by atoms with E-state index in [1.165, 1.54) is 24.3 Å². The fourth-order valence-corrected chi connectivity index (χ4v) is 1.98. The van der Waals surface area contributed by atoms with Gasteiger partial charge in [0.2, 0.25) is 0 Å². The molecule has 9 heteroatoms. The van der Waals surface area contributed by atoms with Crippen LogP contribution >= 0.6 is 0 Å². The highest BCUT2D eigenvalue weighted by Crippen LogP contribution is 2.17. The molecule has 0 aliphatic carbocycles. The van der Waals surface area contributed by atoms with Crippen molar-refractivity contribution in [3.63, 3.8) is 0 Å². The van der Waals surface area contributed by atoms with Crippen LogP contribution in [0.4, 0.5) is 5.69 Å². The minimum atomic E-state index is -0.590. The SMILES string of the molecule is Cc1ccc(OCC(=O)NNC(=O)COc2ccc([N+](=O)[O-])cc2)cc1C. The number of aryl methyl sites for hydroxylation is 2. The van der Waals surface area contributed by atoms with Crippen LogP contribution in [0.1, 0.15) is 11.1 Å². The van der Waals surface area contributed by atoms with E-state index < -0.39 is 16.7 Å². The molecule has 0 unspecified atom stereocenters. The molecule has 2 N–H and O–H groups in total. The Kier molecular flexibility index (Phi) is 6.70. The van der Waals surface area contributed by atoms with Crippen molar-refractivity contribution < 1.29 is 24.0 Å². The molecule has 2 aromatic rings. The topological polar surface area (TPSA) is 120 Å². The molecule has 0 aliphatic heterocycles. The van der Waals surface area contributed by atoms with E-state index in [4.69, 9.17) is 9.47 Å². The quantitative estimate of drug-likeness (QED) is 0.564. The smallest absolute Gasteiger partial charge is 0.276 e. The summed E-state index contributed by atoms with van der Waals surface area (Å²) in [5, 5.41) is 10.6. The zero-order valence-corrected chi connectivity index (χ0v) is 14.9. The normalized spacial score (nSPS) is 10.0. The summed E-state index contributed by atoms with van der Waals surface area (Å²) in [6.07, 6.45) is 0. The van der Waals surface area contributed by atoms with Crippen LogP contribution in [0.3, 0.4) is 0 Å². The van der Waals surface area contributed by atoms with Crippen molar-refractivity contribution in [1.29, 1.82) is 0 Å². The Morgan fingerprint density at radius 3 is 1.93 bits per heavy atom. The highest BCUT2D eigenvalue weighted by Gasteiger charge is 2.08. The second-order valence-electron chi connectivity index (χ2n) is 5.67. The lowest BCUT2D eigenvalue weighted by atomic mass is 10.1. The highest BCUT2D eigenvalue weighted by atomic mass is 16.6. The van der Waals surface area contributed by atoms with E-state index in [9.17, 15) is 19.7 Å². The first-order valence-corrected chi connectivity index (χ1v) is 8.00. The number of carbonyl (C=O) groups excluding carboxylic acids is 2. The molecule has 0 atom stereocenters. The Hall–Kier alpha value is -3.62. The van der Waals surface area contributed by atoms with E-state index in [0.29, 0.717) is 11.5 Å². The minimum absolute atomic E-state index is 0.0807. The maximum Gasteiger partial charge on any atom is 0.276 e. The summed E-state index contributed by atoms with van der Waals surface area (Å²) in [7, 11) is 0. The van der Waals surface area contributed by atoms with E-state index in [1.54, 1.807) is 6.07 Å². The van der Waals surface area contributed by atoms with Crippen molar-refractivity contribution in [1.82, 2.24) is 10.9 Å². The van der Waals surface area contributed by atoms with Crippen LogP contribution in [0.2, 0.25) is 0 Å². The molecule has 0 saturated carbocycles. The molecule has 0 fully saturated rings. The van der Waals surface area contributed by atoms with Gasteiger partial charge < -0.3 is 9.47 Å². The second kappa shape index (κ2) is 9.18. The summed E-state index contributed by atoms with van der Waals surface area (Å²) in [4.78, 5) is 33.4. The van der Waals surface area contributed by atoms with E-state index in [0.717, 1.165) is 11.1 Å². The summed E-state index contributed by atoms with van der Waals surface area (Å²) >= 11 is 0. The Morgan fingerprint density at radius 2 is 1.41 bits per heavy atom. The van der Waals surface area contributed by atoms with Crippen molar-refractivity contribution in [2.75, 3.05) is 13.2 Å². The molecule has 2 amide bonds. The number of hydrazine groups is 1. The van der Waals surface area contributed by atoms with Gasteiger partial charge >= 0.3 is 0 Å². The van der Waals surface area contributed by atoms with E-state index in [1.807, 2.05) is 26.0 Å². The third-order valence-electron chi connectivity index (χ3n) is 3.61. The second-order valence-corrected chi connectivity index (χ2v) is 5.67. The van der Waals surface area contributed by atoms with Gasteiger partial charge in [0.15, 0.2) is 13.2 Å². The average Bonchev–Trinajstić information content (AvgIpc) is 2.66. The van der Waals surface area contributed by atoms with Gasteiger partial charge in [0.05, 0.1) is 4.92 Å². The maximum absolute atomic E-state index is 11.7. The number of nitrogens with zero attached hydrogens (tertiary/aromatic N) is 1. The van der Waals surface area contributed by atoms with Crippen LogP contribution in [-0.2, 0) is 9.59 Å². The predicted molar refractivity (Wildman–Crippen MR) is 96.3 cm³/mol. The summed E-state index contributed by atoms with van der Waals surface area (Å²) in [5.41, 5.74) is 6.48. The van der Waals surface area contributed by atoms with Gasteiger partial charge in [-0.2, -0.15) is 0 Å². The Bertz CT molecular complexity index is 835. The molecule has 2 rings (SSSR count). The molecule has 9 nitrogen and oxygen atoms in total. The van der Waals surface area contributed by atoms with Gasteiger partial charge in [-0.3, -0.25) is 30.6 Å². The minimum Gasteiger partial charge on any atom is -0.484 e. The molecular weight excluding hydrogens is 354 g/mol. The van der Waals surface area contributed by atoms with Crippen LogP contribution < -0.4 is 20.3 Å². The summed E-state index contributed by atoms with van der Waals surface area (Å²) in [5.74, 6) is -0.272. The molecule has 2 aromatic carbocycles. The van der Waals surface area contributed by atoms with Gasteiger partial charge in [-0.1, -0.05) is 6.07 Å². The molecule has 0 aromatic heterocycles. The van der Waals surface area contributed by atoms with Crippen LogP contribution in [0.5, 0.6) is 11.5 Å². The number of nitrogens with one attached hydrogen (secondary N) is 2. The molecule has 0 spiro atoms. The van der Waals surface area contributed by atoms with Crippen molar-refractivity contribution in [2.45, 2.75) is 13.8 Å².